The van der Waals surface area contributed by atoms with Crippen LogP contribution in [-0.2, 0) is 5.54 Å². The van der Waals surface area contributed by atoms with Crippen LogP contribution >= 0.6 is 11.6 Å². The maximum absolute atomic E-state index is 12.4. The number of alkyl halides is 2. The highest BCUT2D eigenvalue weighted by molar-refractivity contribution is 6.31. The molecule has 0 spiro atoms. The lowest BCUT2D eigenvalue weighted by molar-refractivity contribution is 0.143. The van der Waals surface area contributed by atoms with Gasteiger partial charge in [0, 0.05) is 0 Å². The fourth-order valence-electron chi connectivity index (χ4n) is 1.30. The number of hydrogen-bond donors (Lipinski definition) is 0. The zero-order chi connectivity index (χ0) is 11.1. The Balaban J connectivity index is 3.29. The molecule has 14 heavy (non-hydrogen) atoms. The molecule has 0 radical (unpaired) electrons. The zero-order valence-electron chi connectivity index (χ0n) is 8.61. The topological polar surface area (TPSA) is 17.8 Å². The van der Waals surface area contributed by atoms with E-state index in [0.717, 1.165) is 0 Å². The third kappa shape index (κ3) is 1.90. The van der Waals surface area contributed by atoms with E-state index >= 15 is 0 Å². The van der Waals surface area contributed by atoms with Crippen LogP contribution in [0, 0.1) is 6.92 Å². The minimum Gasteiger partial charge on any atom is -0.263 e. The molecule has 2 nitrogen and oxygen atoms in total. The summed E-state index contributed by atoms with van der Waals surface area (Å²) >= 11 is 5.75. The predicted octanol–water partition coefficient (Wildman–Crippen LogP) is 3.54. The second-order valence-corrected chi connectivity index (χ2v) is 4.55. The molecule has 0 aromatic carbocycles. The summed E-state index contributed by atoms with van der Waals surface area (Å²) in [5.41, 5.74) is -0.0884. The van der Waals surface area contributed by atoms with Gasteiger partial charge in [-0.1, -0.05) is 11.6 Å². The van der Waals surface area contributed by atoms with E-state index in [2.05, 4.69) is 5.10 Å². The van der Waals surface area contributed by atoms with Gasteiger partial charge < -0.3 is 0 Å². The van der Waals surface area contributed by atoms with Crippen LogP contribution < -0.4 is 0 Å². The lowest BCUT2D eigenvalue weighted by atomic mass is 10.1. The minimum atomic E-state index is -2.62. The van der Waals surface area contributed by atoms with E-state index in [1.54, 1.807) is 6.92 Å². The Labute approximate surface area is 86.9 Å². The van der Waals surface area contributed by atoms with Gasteiger partial charge in [0.1, 0.15) is 5.69 Å². The fraction of sp³-hybridized carbons (Fsp3) is 0.667. The second-order valence-electron chi connectivity index (χ2n) is 4.17. The van der Waals surface area contributed by atoms with Crippen molar-refractivity contribution in [3.8, 4) is 0 Å². The third-order valence-corrected chi connectivity index (χ3v) is 2.38. The van der Waals surface area contributed by atoms with Crippen molar-refractivity contribution >= 4 is 11.6 Å². The van der Waals surface area contributed by atoms with E-state index in [4.69, 9.17) is 11.6 Å². The largest absolute Gasteiger partial charge is 0.283 e. The lowest BCUT2D eigenvalue weighted by Crippen LogP contribution is -2.24. The third-order valence-electron chi connectivity index (χ3n) is 1.91. The molecule has 5 heteroatoms. The van der Waals surface area contributed by atoms with E-state index in [0.29, 0.717) is 5.69 Å². The highest BCUT2D eigenvalue weighted by Gasteiger charge is 2.25. The summed E-state index contributed by atoms with van der Waals surface area (Å²) in [6.45, 7) is 7.35. The Bertz CT molecular complexity index is 339. The first-order valence-corrected chi connectivity index (χ1v) is 4.66. The Kier molecular flexibility index (Phi) is 2.86. The maximum atomic E-state index is 12.4. The average Bonchev–Trinajstić information content (AvgIpc) is 2.28. The lowest BCUT2D eigenvalue weighted by Gasteiger charge is -2.21. The quantitative estimate of drug-likeness (QED) is 0.711. The molecule has 1 aromatic rings. The van der Waals surface area contributed by atoms with Gasteiger partial charge in [0.25, 0.3) is 6.43 Å². The monoisotopic (exact) mass is 222 g/mol. The fourth-order valence-corrected chi connectivity index (χ4v) is 1.50. The highest BCUT2D eigenvalue weighted by Crippen LogP contribution is 2.31. The minimum absolute atomic E-state index is 0.0647. The number of halogens is 3. The summed E-state index contributed by atoms with van der Waals surface area (Å²) in [4.78, 5) is 0. The van der Waals surface area contributed by atoms with Crippen molar-refractivity contribution in [2.75, 3.05) is 0 Å². The van der Waals surface area contributed by atoms with Crippen LogP contribution in [0.5, 0.6) is 0 Å². The molecule has 0 saturated heterocycles. The molecule has 1 aromatic heterocycles. The average molecular weight is 223 g/mol. The van der Waals surface area contributed by atoms with Gasteiger partial charge in [-0.15, -0.1) is 0 Å². The Hall–Kier alpha value is -0.640. The van der Waals surface area contributed by atoms with E-state index < -0.39 is 6.43 Å². The molecule has 0 unspecified atom stereocenters. The Morgan fingerprint density at radius 1 is 1.36 bits per heavy atom. The standard InChI is InChI=1S/C9H13ClF2N2/c1-5-6(10)7(8(11)12)13-14(5)9(2,3)4/h8H,1-4H3. The zero-order valence-corrected chi connectivity index (χ0v) is 9.36. The van der Waals surface area contributed by atoms with E-state index in [9.17, 15) is 8.78 Å². The molecule has 0 amide bonds. The van der Waals surface area contributed by atoms with E-state index in [-0.39, 0.29) is 16.3 Å². The van der Waals surface area contributed by atoms with Crippen molar-refractivity contribution in [2.24, 2.45) is 0 Å². The van der Waals surface area contributed by atoms with Gasteiger partial charge >= 0.3 is 0 Å². The van der Waals surface area contributed by atoms with Gasteiger partial charge in [-0.2, -0.15) is 5.10 Å². The molecule has 0 aliphatic heterocycles. The summed E-state index contributed by atoms with van der Waals surface area (Å²) in [5.74, 6) is 0. The van der Waals surface area contributed by atoms with Crippen molar-refractivity contribution in [2.45, 2.75) is 39.7 Å². The first-order chi connectivity index (χ1) is 6.25. The molecule has 0 atom stereocenters. The molecule has 0 fully saturated rings. The van der Waals surface area contributed by atoms with Crippen LogP contribution in [-0.4, -0.2) is 9.78 Å². The number of rotatable bonds is 1. The first kappa shape index (κ1) is 11.4. The number of hydrogen-bond acceptors (Lipinski definition) is 1. The summed E-state index contributed by atoms with van der Waals surface area (Å²) in [5, 5.41) is 3.88. The van der Waals surface area contributed by atoms with Crippen LogP contribution in [0.25, 0.3) is 0 Å². The Morgan fingerprint density at radius 3 is 2.07 bits per heavy atom. The maximum Gasteiger partial charge on any atom is 0.283 e. The predicted molar refractivity (Wildman–Crippen MR) is 51.9 cm³/mol. The van der Waals surface area contributed by atoms with Gasteiger partial charge in [-0.3, -0.25) is 4.68 Å². The van der Waals surface area contributed by atoms with Crippen LogP contribution in [0.4, 0.5) is 8.78 Å². The molecule has 0 aliphatic carbocycles. The van der Waals surface area contributed by atoms with Crippen LogP contribution in [0.1, 0.15) is 38.6 Å². The summed E-state index contributed by atoms with van der Waals surface area (Å²) < 4.78 is 26.4. The molecule has 0 N–H and O–H groups in total. The molecule has 0 saturated carbocycles. The summed E-state index contributed by atoms with van der Waals surface area (Å²) in [6, 6.07) is 0. The van der Waals surface area contributed by atoms with Crippen molar-refractivity contribution in [3.63, 3.8) is 0 Å². The van der Waals surface area contributed by atoms with E-state index in [1.165, 1.54) is 4.68 Å². The normalized spacial score (nSPS) is 12.6. The Morgan fingerprint density at radius 2 is 1.86 bits per heavy atom. The molecular weight excluding hydrogens is 210 g/mol. The summed E-state index contributed by atoms with van der Waals surface area (Å²) in [7, 11) is 0. The molecule has 80 valence electrons. The van der Waals surface area contributed by atoms with Gasteiger partial charge in [-0.25, -0.2) is 8.78 Å². The van der Waals surface area contributed by atoms with Crippen LogP contribution in [0.2, 0.25) is 5.02 Å². The van der Waals surface area contributed by atoms with Crippen molar-refractivity contribution in [1.82, 2.24) is 9.78 Å². The molecule has 0 aliphatic rings. The van der Waals surface area contributed by atoms with Gasteiger partial charge in [0.05, 0.1) is 16.3 Å². The van der Waals surface area contributed by atoms with Gasteiger partial charge in [0.2, 0.25) is 0 Å². The van der Waals surface area contributed by atoms with E-state index in [1.807, 2.05) is 20.8 Å². The van der Waals surface area contributed by atoms with Gasteiger partial charge in [0.15, 0.2) is 0 Å². The molecule has 0 bridgehead atoms. The van der Waals surface area contributed by atoms with Crippen molar-refractivity contribution in [3.05, 3.63) is 16.4 Å². The number of aromatic nitrogens is 2. The second kappa shape index (κ2) is 3.50. The highest BCUT2D eigenvalue weighted by atomic mass is 35.5. The molecule has 1 rings (SSSR count). The molecule has 1 heterocycles. The van der Waals surface area contributed by atoms with Crippen LogP contribution in [0.3, 0.4) is 0 Å². The molecular formula is C9H13ClF2N2. The van der Waals surface area contributed by atoms with Crippen molar-refractivity contribution < 1.29 is 8.78 Å². The van der Waals surface area contributed by atoms with Crippen LogP contribution in [0.15, 0.2) is 0 Å². The number of nitrogens with zero attached hydrogens (tertiary/aromatic N) is 2. The van der Waals surface area contributed by atoms with Gasteiger partial charge in [-0.05, 0) is 27.7 Å². The SMILES string of the molecule is Cc1c(Cl)c(C(F)F)nn1C(C)(C)C. The smallest absolute Gasteiger partial charge is 0.263 e. The van der Waals surface area contributed by atoms with Crippen molar-refractivity contribution in [1.29, 1.82) is 0 Å². The summed E-state index contributed by atoms with van der Waals surface area (Å²) in [6.07, 6.45) is -2.62. The first-order valence-electron chi connectivity index (χ1n) is 4.28.